The van der Waals surface area contributed by atoms with Crippen LogP contribution in [-0.4, -0.2) is 18.7 Å². The highest BCUT2D eigenvalue weighted by atomic mass is 32.1. The van der Waals surface area contributed by atoms with Gasteiger partial charge in [-0.05, 0) is 12.1 Å². The van der Waals surface area contributed by atoms with Gasteiger partial charge in [-0.15, -0.1) is 11.3 Å². The van der Waals surface area contributed by atoms with Crippen LogP contribution in [0.2, 0.25) is 0 Å². The zero-order valence-corrected chi connectivity index (χ0v) is 11.1. The number of nitrogens with two attached hydrogens (primary N) is 1. The highest BCUT2D eigenvalue weighted by Gasteiger charge is 2.01. The molecule has 0 saturated heterocycles. The van der Waals surface area contributed by atoms with Crippen LogP contribution in [0.5, 0.6) is 11.5 Å². The minimum atomic E-state index is 0.501. The molecular weight excluding hydrogens is 248 g/mol. The topological polar surface area (TPSA) is 57.4 Å². The van der Waals surface area contributed by atoms with E-state index in [0.717, 1.165) is 28.6 Å². The minimum absolute atomic E-state index is 0.501. The lowest BCUT2D eigenvalue weighted by molar-refractivity contribution is 0.318. The fourth-order valence-corrected chi connectivity index (χ4v) is 2.23. The van der Waals surface area contributed by atoms with Gasteiger partial charge in [-0.2, -0.15) is 0 Å². The summed E-state index contributed by atoms with van der Waals surface area (Å²) in [7, 11) is 1.64. The average molecular weight is 264 g/mol. The second-order valence-corrected chi connectivity index (χ2v) is 4.66. The summed E-state index contributed by atoms with van der Waals surface area (Å²) in [6.07, 6.45) is 0.785. The number of hydrogen-bond donors (Lipinski definition) is 1. The zero-order chi connectivity index (χ0) is 12.8. The lowest BCUT2D eigenvalue weighted by Crippen LogP contribution is -2.02. The number of aromatic nitrogens is 1. The van der Waals surface area contributed by atoms with Gasteiger partial charge in [0.05, 0.1) is 19.4 Å². The molecule has 2 N–H and O–H groups in total. The van der Waals surface area contributed by atoms with Crippen molar-refractivity contribution in [2.24, 2.45) is 5.73 Å². The van der Waals surface area contributed by atoms with Gasteiger partial charge in [0.25, 0.3) is 0 Å². The number of rotatable bonds is 6. The Kier molecular flexibility index (Phi) is 4.55. The van der Waals surface area contributed by atoms with E-state index >= 15 is 0 Å². The van der Waals surface area contributed by atoms with Gasteiger partial charge in [0.15, 0.2) is 0 Å². The van der Waals surface area contributed by atoms with Crippen molar-refractivity contribution in [2.75, 3.05) is 13.7 Å². The molecule has 0 radical (unpaired) electrons. The van der Waals surface area contributed by atoms with Gasteiger partial charge in [0, 0.05) is 24.4 Å². The predicted octanol–water partition coefficient (Wildman–Crippen LogP) is 2.23. The summed E-state index contributed by atoms with van der Waals surface area (Å²) >= 11 is 1.59. The van der Waals surface area contributed by atoms with Crippen molar-refractivity contribution in [1.29, 1.82) is 0 Å². The maximum Gasteiger partial charge on any atom is 0.123 e. The first kappa shape index (κ1) is 12.9. The molecule has 0 aliphatic rings. The van der Waals surface area contributed by atoms with E-state index in [0.29, 0.717) is 13.2 Å². The summed E-state index contributed by atoms with van der Waals surface area (Å²) in [6.45, 7) is 1.10. The fourth-order valence-electron chi connectivity index (χ4n) is 1.52. The number of nitrogens with zero attached hydrogens (tertiary/aromatic N) is 1. The molecule has 5 heteroatoms. The fraction of sp³-hybridized carbons (Fsp3) is 0.308. The molecule has 0 spiro atoms. The van der Waals surface area contributed by atoms with E-state index in [1.54, 1.807) is 18.4 Å². The molecule has 0 unspecified atom stereocenters. The molecule has 0 fully saturated rings. The van der Waals surface area contributed by atoms with E-state index in [4.69, 9.17) is 15.2 Å². The van der Waals surface area contributed by atoms with Crippen LogP contribution in [0, 0.1) is 0 Å². The molecule has 0 bridgehead atoms. The van der Waals surface area contributed by atoms with Crippen LogP contribution in [0.4, 0.5) is 0 Å². The van der Waals surface area contributed by atoms with Crippen molar-refractivity contribution >= 4 is 11.3 Å². The van der Waals surface area contributed by atoms with Crippen LogP contribution in [0.25, 0.3) is 0 Å². The largest absolute Gasteiger partial charge is 0.497 e. The van der Waals surface area contributed by atoms with Gasteiger partial charge in [-0.3, -0.25) is 0 Å². The zero-order valence-electron chi connectivity index (χ0n) is 10.3. The van der Waals surface area contributed by atoms with Crippen LogP contribution < -0.4 is 15.2 Å². The number of ether oxygens (including phenoxy) is 2. The molecule has 1 aromatic heterocycles. The molecule has 0 amide bonds. The molecule has 0 aliphatic carbocycles. The second kappa shape index (κ2) is 6.37. The van der Waals surface area contributed by atoms with Gasteiger partial charge in [-0.1, -0.05) is 6.07 Å². The molecule has 0 aliphatic heterocycles. The van der Waals surface area contributed by atoms with Crippen molar-refractivity contribution < 1.29 is 9.47 Å². The third-order valence-corrected chi connectivity index (χ3v) is 3.36. The Morgan fingerprint density at radius 3 is 2.89 bits per heavy atom. The normalized spacial score (nSPS) is 10.3. The highest BCUT2D eigenvalue weighted by Crippen LogP contribution is 2.19. The van der Waals surface area contributed by atoms with E-state index in [1.165, 1.54) is 0 Å². The summed E-state index contributed by atoms with van der Waals surface area (Å²) in [6, 6.07) is 7.57. The Morgan fingerprint density at radius 1 is 1.33 bits per heavy atom. The van der Waals surface area contributed by atoms with E-state index in [-0.39, 0.29) is 0 Å². The number of methoxy groups -OCH3 is 1. The van der Waals surface area contributed by atoms with Gasteiger partial charge in [0.1, 0.15) is 16.5 Å². The predicted molar refractivity (Wildman–Crippen MR) is 72.2 cm³/mol. The monoisotopic (exact) mass is 264 g/mol. The van der Waals surface area contributed by atoms with E-state index in [2.05, 4.69) is 4.98 Å². The summed E-state index contributed by atoms with van der Waals surface area (Å²) in [4.78, 5) is 4.38. The first-order valence-corrected chi connectivity index (χ1v) is 6.60. The standard InChI is InChI=1S/C13H16N2O2S/c1-16-11-3-2-4-12(7-11)17-6-5-10-9-18-13(8-14)15-10/h2-4,7,9H,5-6,8,14H2,1H3. The molecule has 18 heavy (non-hydrogen) atoms. The van der Waals surface area contributed by atoms with Gasteiger partial charge in [-0.25, -0.2) is 4.98 Å². The molecule has 1 heterocycles. The molecule has 2 aromatic rings. The summed E-state index contributed by atoms with van der Waals surface area (Å²) in [5.74, 6) is 1.61. The molecule has 1 aromatic carbocycles. The van der Waals surface area contributed by atoms with Crippen molar-refractivity contribution in [3.05, 3.63) is 40.3 Å². The maximum absolute atomic E-state index is 5.65. The molecule has 0 saturated carbocycles. The van der Waals surface area contributed by atoms with Gasteiger partial charge in [0.2, 0.25) is 0 Å². The van der Waals surface area contributed by atoms with Crippen molar-refractivity contribution in [1.82, 2.24) is 4.98 Å². The van der Waals surface area contributed by atoms with E-state index < -0.39 is 0 Å². The third kappa shape index (κ3) is 3.45. The van der Waals surface area contributed by atoms with Crippen molar-refractivity contribution in [3.63, 3.8) is 0 Å². The van der Waals surface area contributed by atoms with Crippen LogP contribution in [0.1, 0.15) is 10.7 Å². The first-order chi connectivity index (χ1) is 8.81. The summed E-state index contributed by atoms with van der Waals surface area (Å²) in [5.41, 5.74) is 6.55. The Hall–Kier alpha value is -1.59. The molecule has 0 atom stereocenters. The van der Waals surface area contributed by atoms with Crippen LogP contribution >= 0.6 is 11.3 Å². The third-order valence-electron chi connectivity index (χ3n) is 2.44. The van der Waals surface area contributed by atoms with Gasteiger partial charge < -0.3 is 15.2 Å². The smallest absolute Gasteiger partial charge is 0.123 e. The Labute approximate surface area is 110 Å². The molecular formula is C13H16N2O2S. The number of benzene rings is 1. The first-order valence-electron chi connectivity index (χ1n) is 5.72. The van der Waals surface area contributed by atoms with E-state index in [1.807, 2.05) is 29.6 Å². The van der Waals surface area contributed by atoms with E-state index in [9.17, 15) is 0 Å². The quantitative estimate of drug-likeness (QED) is 0.869. The van der Waals surface area contributed by atoms with Crippen LogP contribution in [0.3, 0.4) is 0 Å². The second-order valence-electron chi connectivity index (χ2n) is 3.71. The minimum Gasteiger partial charge on any atom is -0.497 e. The Morgan fingerprint density at radius 2 is 2.17 bits per heavy atom. The van der Waals surface area contributed by atoms with Crippen molar-refractivity contribution in [3.8, 4) is 11.5 Å². The highest BCUT2D eigenvalue weighted by molar-refractivity contribution is 7.09. The Balaban J connectivity index is 1.84. The van der Waals surface area contributed by atoms with Crippen molar-refractivity contribution in [2.45, 2.75) is 13.0 Å². The number of hydrogen-bond acceptors (Lipinski definition) is 5. The Bertz CT molecular complexity index is 499. The number of thiazole rings is 1. The summed E-state index contributed by atoms with van der Waals surface area (Å²) in [5, 5.41) is 2.99. The molecule has 2 rings (SSSR count). The SMILES string of the molecule is COc1cccc(OCCc2csc(CN)n2)c1. The maximum atomic E-state index is 5.65. The lowest BCUT2D eigenvalue weighted by atomic mass is 10.3. The molecule has 4 nitrogen and oxygen atoms in total. The lowest BCUT2D eigenvalue weighted by Gasteiger charge is -2.06. The van der Waals surface area contributed by atoms with Gasteiger partial charge >= 0.3 is 0 Å². The molecule has 96 valence electrons. The summed E-state index contributed by atoms with van der Waals surface area (Å²) < 4.78 is 10.8. The average Bonchev–Trinajstić information content (AvgIpc) is 2.87. The van der Waals surface area contributed by atoms with Crippen LogP contribution in [-0.2, 0) is 13.0 Å². The van der Waals surface area contributed by atoms with Crippen LogP contribution in [0.15, 0.2) is 29.6 Å².